The number of hydrogen-bond donors (Lipinski definition) is 2. The number of aromatic nitrogens is 1. The van der Waals surface area contributed by atoms with Crippen molar-refractivity contribution in [1.82, 2.24) is 10.3 Å². The van der Waals surface area contributed by atoms with Gasteiger partial charge < -0.3 is 15.2 Å². The van der Waals surface area contributed by atoms with Gasteiger partial charge in [-0.15, -0.1) is 0 Å². The third-order valence-electron chi connectivity index (χ3n) is 4.45. The number of nitrogens with zero attached hydrogens (tertiary/aromatic N) is 1. The van der Waals surface area contributed by atoms with E-state index in [0.29, 0.717) is 31.4 Å². The average Bonchev–Trinajstić information content (AvgIpc) is 2.89. The zero-order chi connectivity index (χ0) is 14.7. The molecule has 1 amide bonds. The first-order valence-corrected chi connectivity index (χ1v) is 7.78. The van der Waals surface area contributed by atoms with Crippen molar-refractivity contribution in [3.63, 3.8) is 0 Å². The average molecular weight is 290 g/mol. The van der Waals surface area contributed by atoms with E-state index in [0.717, 1.165) is 31.2 Å². The number of hydrogen-bond acceptors (Lipinski definition) is 4. The number of carbonyl (C=O) groups is 1. The van der Waals surface area contributed by atoms with Crippen LogP contribution in [0.15, 0.2) is 18.3 Å². The van der Waals surface area contributed by atoms with Crippen molar-refractivity contribution in [3.8, 4) is 5.88 Å². The highest BCUT2D eigenvalue weighted by molar-refractivity contribution is 5.85. The van der Waals surface area contributed by atoms with Crippen LogP contribution in [0.1, 0.15) is 50.5 Å². The Balaban J connectivity index is 1.54. The molecular weight excluding hydrogens is 268 g/mol. The summed E-state index contributed by atoms with van der Waals surface area (Å²) in [7, 11) is 0. The topological polar surface area (TPSA) is 71.5 Å². The maximum atomic E-state index is 12.1. The highest BCUT2D eigenvalue weighted by Crippen LogP contribution is 2.29. The fourth-order valence-electron chi connectivity index (χ4n) is 2.82. The van der Waals surface area contributed by atoms with Crippen molar-refractivity contribution < 1.29 is 14.6 Å². The first-order chi connectivity index (χ1) is 10.2. The maximum absolute atomic E-state index is 12.1. The normalized spacial score (nSPS) is 20.8. The molecule has 2 fully saturated rings. The standard InChI is InChI=1S/C16H22N2O3/c19-15(16(20)7-1-2-8-16)18-11-12-6-9-17-14(10-12)21-13-4-3-5-13/h6,9-10,13,20H,1-5,7-8,11H2,(H,18,19). The van der Waals surface area contributed by atoms with Crippen molar-refractivity contribution in [2.24, 2.45) is 0 Å². The lowest BCUT2D eigenvalue weighted by Crippen LogP contribution is -2.44. The largest absolute Gasteiger partial charge is 0.474 e. The van der Waals surface area contributed by atoms with Gasteiger partial charge in [0.1, 0.15) is 11.7 Å². The van der Waals surface area contributed by atoms with Crippen molar-refractivity contribution in [2.45, 2.75) is 63.2 Å². The molecule has 3 rings (SSSR count). The van der Waals surface area contributed by atoms with E-state index in [-0.39, 0.29) is 5.91 Å². The van der Waals surface area contributed by atoms with Gasteiger partial charge in [0.25, 0.3) is 5.91 Å². The molecular formula is C16H22N2O3. The van der Waals surface area contributed by atoms with Crippen LogP contribution in [-0.2, 0) is 11.3 Å². The van der Waals surface area contributed by atoms with Gasteiger partial charge in [0.05, 0.1) is 0 Å². The Hall–Kier alpha value is -1.62. The Labute approximate surface area is 124 Å². The third kappa shape index (κ3) is 3.35. The van der Waals surface area contributed by atoms with Gasteiger partial charge in [-0.2, -0.15) is 0 Å². The van der Waals surface area contributed by atoms with E-state index in [1.807, 2.05) is 12.1 Å². The summed E-state index contributed by atoms with van der Waals surface area (Å²) in [5, 5.41) is 13.0. The number of aliphatic hydroxyl groups is 1. The minimum atomic E-state index is -1.17. The molecule has 5 nitrogen and oxygen atoms in total. The van der Waals surface area contributed by atoms with Crippen LogP contribution < -0.4 is 10.1 Å². The summed E-state index contributed by atoms with van der Waals surface area (Å²) in [6.07, 6.45) is 8.35. The lowest BCUT2D eigenvalue weighted by atomic mass is 9.96. The van der Waals surface area contributed by atoms with Crippen molar-refractivity contribution in [3.05, 3.63) is 23.9 Å². The lowest BCUT2D eigenvalue weighted by Gasteiger charge is -2.25. The molecule has 0 aliphatic heterocycles. The van der Waals surface area contributed by atoms with E-state index < -0.39 is 5.60 Å². The molecule has 0 bridgehead atoms. The Morgan fingerprint density at radius 1 is 1.38 bits per heavy atom. The zero-order valence-corrected chi connectivity index (χ0v) is 12.2. The second-order valence-corrected chi connectivity index (χ2v) is 6.09. The number of nitrogens with one attached hydrogen (secondary N) is 1. The van der Waals surface area contributed by atoms with Gasteiger partial charge in [0.15, 0.2) is 0 Å². The van der Waals surface area contributed by atoms with Gasteiger partial charge in [-0.25, -0.2) is 4.98 Å². The van der Waals surface area contributed by atoms with Crippen LogP contribution in [0.2, 0.25) is 0 Å². The van der Waals surface area contributed by atoms with E-state index in [1.165, 1.54) is 6.42 Å². The van der Waals surface area contributed by atoms with E-state index in [4.69, 9.17) is 4.74 Å². The second-order valence-electron chi connectivity index (χ2n) is 6.09. The van der Waals surface area contributed by atoms with Crippen LogP contribution in [0.4, 0.5) is 0 Å². The minimum absolute atomic E-state index is 0.265. The third-order valence-corrected chi connectivity index (χ3v) is 4.45. The van der Waals surface area contributed by atoms with Gasteiger partial charge >= 0.3 is 0 Å². The summed E-state index contributed by atoms with van der Waals surface area (Å²) in [6.45, 7) is 0.394. The first kappa shape index (κ1) is 14.3. The summed E-state index contributed by atoms with van der Waals surface area (Å²) in [6, 6.07) is 3.71. The van der Waals surface area contributed by atoms with Crippen LogP contribution in [0.3, 0.4) is 0 Å². The molecule has 1 aromatic heterocycles. The molecule has 2 aliphatic rings. The Morgan fingerprint density at radius 3 is 2.81 bits per heavy atom. The molecule has 1 heterocycles. The molecule has 2 aliphatic carbocycles. The number of pyridine rings is 1. The molecule has 0 aromatic carbocycles. The van der Waals surface area contributed by atoms with E-state index >= 15 is 0 Å². The van der Waals surface area contributed by atoms with Crippen molar-refractivity contribution >= 4 is 5.91 Å². The van der Waals surface area contributed by atoms with Gasteiger partial charge in [0.2, 0.25) is 5.88 Å². The van der Waals surface area contributed by atoms with Crippen molar-refractivity contribution in [1.29, 1.82) is 0 Å². The smallest absolute Gasteiger partial charge is 0.252 e. The first-order valence-electron chi connectivity index (χ1n) is 7.78. The second kappa shape index (κ2) is 6.02. The molecule has 2 N–H and O–H groups in total. The molecule has 2 saturated carbocycles. The molecule has 0 atom stereocenters. The van der Waals surface area contributed by atoms with E-state index in [1.54, 1.807) is 6.20 Å². The summed E-state index contributed by atoms with van der Waals surface area (Å²) in [5.41, 5.74) is -0.229. The van der Waals surface area contributed by atoms with Crippen LogP contribution >= 0.6 is 0 Å². The summed E-state index contributed by atoms with van der Waals surface area (Å²) in [5.74, 6) is 0.351. The fraction of sp³-hybridized carbons (Fsp3) is 0.625. The van der Waals surface area contributed by atoms with Gasteiger partial charge in [-0.3, -0.25) is 4.79 Å². The highest BCUT2D eigenvalue weighted by atomic mass is 16.5. The van der Waals surface area contributed by atoms with Gasteiger partial charge in [-0.05, 0) is 56.6 Å². The highest BCUT2D eigenvalue weighted by Gasteiger charge is 2.38. The molecule has 21 heavy (non-hydrogen) atoms. The predicted octanol–water partition coefficient (Wildman–Crippen LogP) is 1.93. The van der Waals surface area contributed by atoms with Gasteiger partial charge in [-0.1, -0.05) is 0 Å². The zero-order valence-electron chi connectivity index (χ0n) is 12.2. The summed E-state index contributed by atoms with van der Waals surface area (Å²) >= 11 is 0. The van der Waals surface area contributed by atoms with Crippen molar-refractivity contribution in [2.75, 3.05) is 0 Å². The minimum Gasteiger partial charge on any atom is -0.474 e. The Morgan fingerprint density at radius 2 is 2.14 bits per heavy atom. The Bertz CT molecular complexity index is 508. The van der Waals surface area contributed by atoms with Crippen LogP contribution in [0.5, 0.6) is 5.88 Å². The van der Waals surface area contributed by atoms with Gasteiger partial charge in [0, 0.05) is 18.8 Å². The number of amides is 1. The summed E-state index contributed by atoms with van der Waals surface area (Å²) in [4.78, 5) is 16.2. The molecule has 1 aromatic rings. The molecule has 5 heteroatoms. The molecule has 0 saturated heterocycles. The maximum Gasteiger partial charge on any atom is 0.252 e. The molecule has 114 valence electrons. The monoisotopic (exact) mass is 290 g/mol. The SMILES string of the molecule is O=C(NCc1ccnc(OC2CCC2)c1)C1(O)CCCC1. The number of rotatable bonds is 5. The molecule has 0 radical (unpaired) electrons. The number of carbonyl (C=O) groups excluding carboxylic acids is 1. The van der Waals surface area contributed by atoms with Crippen LogP contribution in [-0.4, -0.2) is 27.7 Å². The van der Waals surface area contributed by atoms with Crippen LogP contribution in [0.25, 0.3) is 0 Å². The summed E-state index contributed by atoms with van der Waals surface area (Å²) < 4.78 is 5.74. The molecule has 0 spiro atoms. The number of ether oxygens (including phenoxy) is 1. The predicted molar refractivity (Wildman–Crippen MR) is 77.8 cm³/mol. The quantitative estimate of drug-likeness (QED) is 0.869. The lowest BCUT2D eigenvalue weighted by molar-refractivity contribution is -0.139. The van der Waals surface area contributed by atoms with E-state index in [9.17, 15) is 9.90 Å². The fourth-order valence-corrected chi connectivity index (χ4v) is 2.82. The van der Waals surface area contributed by atoms with Crippen LogP contribution in [0, 0.1) is 0 Å². The molecule has 0 unspecified atom stereocenters. The van der Waals surface area contributed by atoms with E-state index in [2.05, 4.69) is 10.3 Å². The Kier molecular flexibility index (Phi) is 4.10.